The maximum atomic E-state index is 12.5. The summed E-state index contributed by atoms with van der Waals surface area (Å²) in [6.07, 6.45) is -2.00. The van der Waals surface area contributed by atoms with Gasteiger partial charge >= 0.3 is 6.18 Å². The molecule has 2 rings (SSSR count). The van der Waals surface area contributed by atoms with Crippen molar-refractivity contribution in [1.82, 2.24) is 9.97 Å². The lowest BCUT2D eigenvalue weighted by Crippen LogP contribution is -2.07. The minimum atomic E-state index is -4.39. The summed E-state index contributed by atoms with van der Waals surface area (Å²) in [5.74, 6) is 0.644. The van der Waals surface area contributed by atoms with E-state index < -0.39 is 11.9 Å². The number of nitrogens with zero attached hydrogens (tertiary/aromatic N) is 2. The van der Waals surface area contributed by atoms with E-state index in [0.29, 0.717) is 17.2 Å². The molecular formula is C13H11F3N2S. The van der Waals surface area contributed by atoms with Gasteiger partial charge in [0.25, 0.3) is 0 Å². The Hall–Kier alpha value is -1.56. The van der Waals surface area contributed by atoms with Gasteiger partial charge in [-0.15, -0.1) is 11.8 Å². The maximum absolute atomic E-state index is 12.5. The molecule has 2 nitrogen and oxygen atoms in total. The zero-order valence-corrected chi connectivity index (χ0v) is 10.7. The monoisotopic (exact) mass is 284 g/mol. The molecule has 0 atom stereocenters. The molecule has 6 heteroatoms. The molecule has 0 aliphatic carbocycles. The predicted octanol–water partition coefficient (Wildman–Crippen LogP) is 3.83. The lowest BCUT2D eigenvalue weighted by Gasteiger charge is -2.07. The summed E-state index contributed by atoms with van der Waals surface area (Å²) in [4.78, 5) is 7.75. The van der Waals surface area contributed by atoms with Crippen molar-refractivity contribution in [3.63, 3.8) is 0 Å². The molecule has 2 aromatic rings. The highest BCUT2D eigenvalue weighted by atomic mass is 32.2. The predicted molar refractivity (Wildman–Crippen MR) is 67.9 cm³/mol. The minimum Gasteiger partial charge on any atom is -0.261 e. The summed E-state index contributed by atoms with van der Waals surface area (Å²) in [6.45, 7) is 0. The zero-order valence-electron chi connectivity index (χ0n) is 9.89. The molecule has 0 spiro atoms. The van der Waals surface area contributed by atoms with Gasteiger partial charge in [-0.25, -0.2) is 4.98 Å². The maximum Gasteiger partial charge on any atom is 0.433 e. The van der Waals surface area contributed by atoms with Crippen molar-refractivity contribution in [3.8, 4) is 0 Å². The number of hydrogen-bond acceptors (Lipinski definition) is 3. The minimum absolute atomic E-state index is 0.380. The smallest absolute Gasteiger partial charge is 0.261 e. The second-order valence-corrected chi connectivity index (χ2v) is 4.89. The Labute approximate surface area is 113 Å². The van der Waals surface area contributed by atoms with E-state index in [-0.39, 0.29) is 0 Å². The second-order valence-electron chi connectivity index (χ2n) is 3.78. The number of aromatic nitrogens is 2. The lowest BCUT2D eigenvalue weighted by molar-refractivity contribution is -0.141. The van der Waals surface area contributed by atoms with Crippen LogP contribution in [0.4, 0.5) is 13.2 Å². The molecule has 19 heavy (non-hydrogen) atoms. The largest absolute Gasteiger partial charge is 0.433 e. The van der Waals surface area contributed by atoms with Gasteiger partial charge in [0.15, 0.2) is 0 Å². The van der Waals surface area contributed by atoms with Gasteiger partial charge in [0.05, 0.1) is 5.03 Å². The third-order valence-corrected chi connectivity index (χ3v) is 3.28. The van der Waals surface area contributed by atoms with Crippen LogP contribution in [-0.2, 0) is 12.6 Å². The van der Waals surface area contributed by atoms with Gasteiger partial charge < -0.3 is 0 Å². The molecule has 2 aromatic heterocycles. The number of halogens is 3. The molecule has 0 aliphatic rings. The highest BCUT2D eigenvalue weighted by Crippen LogP contribution is 2.29. The molecule has 0 saturated carbocycles. The first-order valence-electron chi connectivity index (χ1n) is 5.63. The Morgan fingerprint density at radius 3 is 2.58 bits per heavy atom. The number of thioether (sulfide) groups is 1. The lowest BCUT2D eigenvalue weighted by atomic mass is 10.3. The first-order chi connectivity index (χ1) is 9.05. The standard InChI is InChI=1S/C13H11F3N2S/c14-13(15,16)11-5-3-6-12(18-11)19-9-7-10-4-1-2-8-17-10/h1-6,8H,7,9H2. The van der Waals surface area contributed by atoms with Crippen LogP contribution in [-0.4, -0.2) is 15.7 Å². The third-order valence-electron chi connectivity index (χ3n) is 2.35. The fourth-order valence-electron chi connectivity index (χ4n) is 1.46. The Morgan fingerprint density at radius 2 is 1.89 bits per heavy atom. The van der Waals surface area contributed by atoms with E-state index in [2.05, 4.69) is 9.97 Å². The van der Waals surface area contributed by atoms with Crippen LogP contribution >= 0.6 is 11.8 Å². The molecule has 0 bridgehead atoms. The number of pyridine rings is 2. The Kier molecular flexibility index (Phi) is 4.42. The molecule has 0 amide bonds. The molecule has 0 aliphatic heterocycles. The fourth-order valence-corrected chi connectivity index (χ4v) is 2.32. The van der Waals surface area contributed by atoms with Crippen molar-refractivity contribution >= 4 is 11.8 Å². The van der Waals surface area contributed by atoms with E-state index in [1.165, 1.54) is 17.8 Å². The zero-order chi connectivity index (χ0) is 13.7. The van der Waals surface area contributed by atoms with Gasteiger partial charge in [0, 0.05) is 17.6 Å². The fraction of sp³-hybridized carbons (Fsp3) is 0.231. The number of alkyl halides is 3. The normalized spacial score (nSPS) is 11.5. The Bertz CT molecular complexity index is 529. The van der Waals surface area contributed by atoms with Gasteiger partial charge in [-0.1, -0.05) is 12.1 Å². The van der Waals surface area contributed by atoms with Crippen molar-refractivity contribution in [2.24, 2.45) is 0 Å². The van der Waals surface area contributed by atoms with E-state index in [1.54, 1.807) is 12.3 Å². The third kappa shape index (κ3) is 4.24. The van der Waals surface area contributed by atoms with Gasteiger partial charge in [-0.2, -0.15) is 13.2 Å². The molecule has 0 saturated heterocycles. The van der Waals surface area contributed by atoms with Crippen LogP contribution in [0.1, 0.15) is 11.4 Å². The van der Waals surface area contributed by atoms with Crippen molar-refractivity contribution in [3.05, 3.63) is 54.0 Å². The van der Waals surface area contributed by atoms with E-state index in [9.17, 15) is 13.2 Å². The molecule has 0 fully saturated rings. The SMILES string of the molecule is FC(F)(F)c1cccc(SCCc2ccccn2)n1. The van der Waals surface area contributed by atoms with E-state index in [1.807, 2.05) is 18.2 Å². The van der Waals surface area contributed by atoms with Crippen LogP contribution in [0.5, 0.6) is 0 Å². The summed E-state index contributed by atoms with van der Waals surface area (Å²) < 4.78 is 37.4. The van der Waals surface area contributed by atoms with Gasteiger partial charge in [0.1, 0.15) is 5.69 Å². The van der Waals surface area contributed by atoms with Crippen LogP contribution in [0, 0.1) is 0 Å². The van der Waals surface area contributed by atoms with Crippen LogP contribution in [0.3, 0.4) is 0 Å². The van der Waals surface area contributed by atoms with Gasteiger partial charge in [-0.3, -0.25) is 4.98 Å². The molecule has 2 heterocycles. The molecule has 100 valence electrons. The average Bonchev–Trinajstić information content (AvgIpc) is 2.39. The first kappa shape index (κ1) is 13.9. The van der Waals surface area contributed by atoms with Crippen molar-refractivity contribution in [1.29, 1.82) is 0 Å². The van der Waals surface area contributed by atoms with E-state index in [4.69, 9.17) is 0 Å². The van der Waals surface area contributed by atoms with Crippen molar-refractivity contribution in [2.45, 2.75) is 17.6 Å². The quantitative estimate of drug-likeness (QED) is 0.798. The van der Waals surface area contributed by atoms with Crippen molar-refractivity contribution in [2.75, 3.05) is 5.75 Å². The van der Waals surface area contributed by atoms with E-state index >= 15 is 0 Å². The summed E-state index contributed by atoms with van der Waals surface area (Å²) in [6, 6.07) is 9.53. The topological polar surface area (TPSA) is 25.8 Å². The van der Waals surface area contributed by atoms with Gasteiger partial charge in [0.2, 0.25) is 0 Å². The summed E-state index contributed by atoms with van der Waals surface area (Å²) in [7, 11) is 0. The summed E-state index contributed by atoms with van der Waals surface area (Å²) >= 11 is 1.29. The number of rotatable bonds is 4. The molecule has 0 unspecified atom stereocenters. The molecular weight excluding hydrogens is 273 g/mol. The number of aryl methyl sites for hydroxylation is 1. The number of hydrogen-bond donors (Lipinski definition) is 0. The van der Waals surface area contributed by atoms with E-state index in [0.717, 1.165) is 11.8 Å². The second kappa shape index (κ2) is 6.06. The molecule has 0 N–H and O–H groups in total. The van der Waals surface area contributed by atoms with Crippen LogP contribution in [0.15, 0.2) is 47.6 Å². The first-order valence-corrected chi connectivity index (χ1v) is 6.61. The van der Waals surface area contributed by atoms with Gasteiger partial charge in [-0.05, 0) is 30.7 Å². The highest BCUT2D eigenvalue weighted by Gasteiger charge is 2.32. The highest BCUT2D eigenvalue weighted by molar-refractivity contribution is 7.99. The summed E-state index contributed by atoms with van der Waals surface area (Å²) in [5.41, 5.74) is 0.0670. The molecule has 0 aromatic carbocycles. The van der Waals surface area contributed by atoms with Crippen LogP contribution in [0.2, 0.25) is 0 Å². The van der Waals surface area contributed by atoms with Crippen LogP contribution in [0.25, 0.3) is 0 Å². The Morgan fingerprint density at radius 1 is 1.05 bits per heavy atom. The Balaban J connectivity index is 1.93. The van der Waals surface area contributed by atoms with Crippen molar-refractivity contribution < 1.29 is 13.2 Å². The summed E-state index contributed by atoms with van der Waals surface area (Å²) in [5, 5.41) is 0.380. The molecule has 0 radical (unpaired) electrons. The average molecular weight is 284 g/mol. The van der Waals surface area contributed by atoms with Crippen LogP contribution < -0.4 is 0 Å².